The van der Waals surface area contributed by atoms with E-state index in [1.54, 1.807) is 6.20 Å². The molecule has 0 bridgehead atoms. The number of benzene rings is 1. The standard InChI is InChI=1S/C24H23Cl2FN4O2/c1-31-8-6-14(7-9-31)10-16-2-3-17(13-28-16)30-24(33)20-11-15(12-29-20)23(32)21-18(25)4-5-19(26)22(21)27/h2-5,11-14,29H,6-10H2,1H3,(H,30,33). The van der Waals surface area contributed by atoms with Gasteiger partial charge in [-0.15, -0.1) is 0 Å². The molecule has 0 radical (unpaired) electrons. The Labute approximate surface area is 201 Å². The maximum absolute atomic E-state index is 14.3. The number of nitrogens with zero attached hydrogens (tertiary/aromatic N) is 2. The summed E-state index contributed by atoms with van der Waals surface area (Å²) >= 11 is 11.8. The highest BCUT2D eigenvalue weighted by atomic mass is 35.5. The smallest absolute Gasteiger partial charge is 0.272 e. The number of carbonyl (C=O) groups excluding carboxylic acids is 2. The number of likely N-dealkylation sites (tertiary alicyclic amines) is 1. The zero-order valence-corrected chi connectivity index (χ0v) is 19.5. The molecule has 3 heterocycles. The number of hydrogen-bond donors (Lipinski definition) is 2. The summed E-state index contributed by atoms with van der Waals surface area (Å²) in [7, 11) is 2.14. The molecular formula is C24H23Cl2FN4O2. The van der Waals surface area contributed by atoms with Crippen LogP contribution in [0.15, 0.2) is 42.7 Å². The van der Waals surface area contributed by atoms with Crippen LogP contribution >= 0.6 is 23.2 Å². The van der Waals surface area contributed by atoms with Crippen LogP contribution in [0.5, 0.6) is 0 Å². The Kier molecular flexibility index (Phi) is 7.12. The number of halogens is 3. The van der Waals surface area contributed by atoms with E-state index in [-0.39, 0.29) is 26.9 Å². The Morgan fingerprint density at radius 3 is 2.61 bits per heavy atom. The SMILES string of the molecule is CN1CCC(Cc2ccc(NC(=O)c3cc(C(=O)c4c(Cl)ccc(Cl)c4F)c[nH]3)cn2)CC1. The van der Waals surface area contributed by atoms with Gasteiger partial charge in [0.2, 0.25) is 0 Å². The van der Waals surface area contributed by atoms with E-state index < -0.39 is 17.5 Å². The maximum atomic E-state index is 14.3. The molecule has 1 aromatic carbocycles. The van der Waals surface area contributed by atoms with Crippen molar-refractivity contribution >= 4 is 40.6 Å². The van der Waals surface area contributed by atoms with E-state index in [2.05, 4.69) is 27.2 Å². The molecule has 1 fully saturated rings. The van der Waals surface area contributed by atoms with Crippen LogP contribution in [-0.4, -0.2) is 46.7 Å². The second-order valence-corrected chi connectivity index (χ2v) is 9.11. The van der Waals surface area contributed by atoms with Gasteiger partial charge in [-0.3, -0.25) is 14.6 Å². The number of hydrogen-bond acceptors (Lipinski definition) is 4. The first-order valence-corrected chi connectivity index (χ1v) is 11.4. The summed E-state index contributed by atoms with van der Waals surface area (Å²) in [6.45, 7) is 2.21. The van der Waals surface area contributed by atoms with E-state index in [9.17, 15) is 14.0 Å². The molecule has 2 N–H and O–H groups in total. The van der Waals surface area contributed by atoms with Gasteiger partial charge in [-0.1, -0.05) is 23.2 Å². The molecule has 1 aliphatic rings. The van der Waals surface area contributed by atoms with Crippen LogP contribution in [0.1, 0.15) is 44.9 Å². The van der Waals surface area contributed by atoms with Gasteiger partial charge >= 0.3 is 0 Å². The normalized spacial score (nSPS) is 14.9. The molecule has 1 saturated heterocycles. The van der Waals surface area contributed by atoms with Crippen LogP contribution in [0.3, 0.4) is 0 Å². The van der Waals surface area contributed by atoms with Crippen molar-refractivity contribution in [2.45, 2.75) is 19.3 Å². The fourth-order valence-corrected chi connectivity index (χ4v) is 4.30. The zero-order chi connectivity index (χ0) is 23.5. The van der Waals surface area contributed by atoms with Crippen molar-refractivity contribution in [2.75, 3.05) is 25.5 Å². The minimum Gasteiger partial charge on any atom is -0.356 e. The number of H-pyrrole nitrogens is 1. The number of carbonyl (C=O) groups is 2. The number of ketones is 1. The third-order valence-corrected chi connectivity index (χ3v) is 6.49. The number of nitrogens with one attached hydrogen (secondary N) is 2. The van der Waals surface area contributed by atoms with Crippen molar-refractivity contribution in [1.82, 2.24) is 14.9 Å². The minimum atomic E-state index is -0.896. The van der Waals surface area contributed by atoms with E-state index in [0.717, 1.165) is 38.0 Å². The van der Waals surface area contributed by atoms with Crippen LogP contribution in [0.2, 0.25) is 10.0 Å². The molecule has 0 unspecified atom stereocenters. The van der Waals surface area contributed by atoms with Gasteiger partial charge in [-0.25, -0.2) is 4.39 Å². The van der Waals surface area contributed by atoms with Gasteiger partial charge in [-0.05, 0) is 75.6 Å². The number of rotatable bonds is 6. The van der Waals surface area contributed by atoms with Gasteiger partial charge in [0.1, 0.15) is 5.69 Å². The lowest BCUT2D eigenvalue weighted by Gasteiger charge is -2.28. The number of aromatic amines is 1. The second-order valence-electron chi connectivity index (χ2n) is 8.29. The van der Waals surface area contributed by atoms with Gasteiger partial charge in [0.15, 0.2) is 11.6 Å². The van der Waals surface area contributed by atoms with Crippen molar-refractivity contribution in [2.24, 2.45) is 5.92 Å². The molecule has 172 valence electrons. The number of anilines is 1. The molecule has 0 spiro atoms. The average molecular weight is 489 g/mol. The lowest BCUT2D eigenvalue weighted by atomic mass is 9.92. The third kappa shape index (κ3) is 5.43. The van der Waals surface area contributed by atoms with Gasteiger partial charge in [0, 0.05) is 17.5 Å². The van der Waals surface area contributed by atoms with Gasteiger partial charge in [-0.2, -0.15) is 0 Å². The molecule has 0 saturated carbocycles. The Balaban J connectivity index is 1.40. The van der Waals surface area contributed by atoms with E-state index in [1.165, 1.54) is 24.4 Å². The maximum Gasteiger partial charge on any atom is 0.272 e. The van der Waals surface area contributed by atoms with Crippen LogP contribution in [0.4, 0.5) is 10.1 Å². The summed E-state index contributed by atoms with van der Waals surface area (Å²) in [5, 5.41) is 2.49. The second kappa shape index (κ2) is 10.0. The molecule has 1 amide bonds. The lowest BCUT2D eigenvalue weighted by molar-refractivity contribution is 0.102. The van der Waals surface area contributed by atoms with Crippen molar-refractivity contribution in [3.63, 3.8) is 0 Å². The number of piperidine rings is 1. The van der Waals surface area contributed by atoms with Crippen LogP contribution in [-0.2, 0) is 6.42 Å². The van der Waals surface area contributed by atoms with E-state index in [0.29, 0.717) is 11.6 Å². The highest BCUT2D eigenvalue weighted by Crippen LogP contribution is 2.28. The summed E-state index contributed by atoms with van der Waals surface area (Å²) in [6.07, 6.45) is 6.20. The molecule has 33 heavy (non-hydrogen) atoms. The minimum absolute atomic E-state index is 0.0551. The predicted octanol–water partition coefficient (Wildman–Crippen LogP) is 5.22. The fourth-order valence-electron chi connectivity index (χ4n) is 3.92. The van der Waals surface area contributed by atoms with Gasteiger partial charge in [0.05, 0.1) is 27.5 Å². The summed E-state index contributed by atoms with van der Waals surface area (Å²) in [4.78, 5) is 34.9. The van der Waals surface area contributed by atoms with Crippen molar-refractivity contribution in [3.8, 4) is 0 Å². The molecule has 3 aromatic rings. The molecule has 1 aliphatic heterocycles. The molecule has 9 heteroatoms. The lowest BCUT2D eigenvalue weighted by Crippen LogP contribution is -2.31. The van der Waals surface area contributed by atoms with Crippen molar-refractivity contribution in [1.29, 1.82) is 0 Å². The predicted molar refractivity (Wildman–Crippen MR) is 127 cm³/mol. The highest BCUT2D eigenvalue weighted by Gasteiger charge is 2.22. The van der Waals surface area contributed by atoms with Gasteiger partial charge in [0.25, 0.3) is 5.91 Å². The monoisotopic (exact) mass is 488 g/mol. The van der Waals surface area contributed by atoms with Crippen LogP contribution < -0.4 is 5.32 Å². The molecular weight excluding hydrogens is 466 g/mol. The van der Waals surface area contributed by atoms with E-state index >= 15 is 0 Å². The van der Waals surface area contributed by atoms with Crippen molar-refractivity contribution in [3.05, 3.63) is 81.1 Å². The largest absolute Gasteiger partial charge is 0.356 e. The summed E-state index contributed by atoms with van der Waals surface area (Å²) in [5.74, 6) is -1.39. The Bertz CT molecular complexity index is 1170. The average Bonchev–Trinajstić information content (AvgIpc) is 3.30. The Morgan fingerprint density at radius 2 is 1.91 bits per heavy atom. The van der Waals surface area contributed by atoms with Crippen LogP contribution in [0, 0.1) is 11.7 Å². The first-order valence-electron chi connectivity index (χ1n) is 10.6. The Hall–Kier alpha value is -2.74. The summed E-state index contributed by atoms with van der Waals surface area (Å²) in [5.41, 5.74) is 1.44. The van der Waals surface area contributed by atoms with Crippen molar-refractivity contribution < 1.29 is 14.0 Å². The molecule has 0 aliphatic carbocycles. The number of amides is 1. The van der Waals surface area contributed by atoms with Crippen LogP contribution in [0.25, 0.3) is 0 Å². The number of aromatic nitrogens is 2. The van der Waals surface area contributed by atoms with Gasteiger partial charge < -0.3 is 15.2 Å². The topological polar surface area (TPSA) is 78.1 Å². The third-order valence-electron chi connectivity index (χ3n) is 5.88. The molecule has 6 nitrogen and oxygen atoms in total. The molecule has 2 aromatic heterocycles. The highest BCUT2D eigenvalue weighted by molar-refractivity contribution is 6.37. The Morgan fingerprint density at radius 1 is 1.18 bits per heavy atom. The van der Waals surface area contributed by atoms with E-state index in [4.69, 9.17) is 23.2 Å². The summed E-state index contributed by atoms with van der Waals surface area (Å²) in [6, 6.07) is 7.70. The zero-order valence-electron chi connectivity index (χ0n) is 18.0. The quantitative estimate of drug-likeness (QED) is 0.368. The fraction of sp³-hybridized carbons (Fsp3) is 0.292. The molecule has 0 atom stereocenters. The first kappa shape index (κ1) is 23.4. The van der Waals surface area contributed by atoms with E-state index in [1.807, 2.05) is 12.1 Å². The summed E-state index contributed by atoms with van der Waals surface area (Å²) < 4.78 is 14.3. The molecule has 4 rings (SSSR count). The number of pyridine rings is 1. The first-order chi connectivity index (χ1) is 15.8.